The zero-order chi connectivity index (χ0) is 17.9. The first kappa shape index (κ1) is 17.3. The summed E-state index contributed by atoms with van der Waals surface area (Å²) in [6, 6.07) is 6.64. The summed E-state index contributed by atoms with van der Waals surface area (Å²) in [5, 5.41) is 12.1. The minimum Gasteiger partial charge on any atom is -0.378 e. The van der Waals surface area contributed by atoms with Gasteiger partial charge in [-0.1, -0.05) is 17.8 Å². The van der Waals surface area contributed by atoms with Crippen LogP contribution in [0.4, 0.5) is 10.3 Å². The van der Waals surface area contributed by atoms with E-state index < -0.39 is 0 Å². The molecule has 1 amide bonds. The smallest absolute Gasteiger partial charge is 0.232 e. The second-order valence-electron chi connectivity index (χ2n) is 6.33. The molecule has 2 aromatic rings. The lowest BCUT2D eigenvalue weighted by atomic mass is 10.3. The van der Waals surface area contributed by atoms with Crippen molar-refractivity contribution < 1.29 is 13.9 Å². The van der Waals surface area contributed by atoms with E-state index in [1.165, 1.54) is 23.9 Å². The van der Waals surface area contributed by atoms with E-state index in [2.05, 4.69) is 20.4 Å². The molecule has 138 valence electrons. The highest BCUT2D eigenvalue weighted by molar-refractivity contribution is 7.99. The maximum Gasteiger partial charge on any atom is 0.232 e. The second kappa shape index (κ2) is 7.63. The number of thioether (sulfide) groups is 1. The fraction of sp³-hybridized carbons (Fsp3) is 0.471. The Morgan fingerprint density at radius 2 is 2.12 bits per heavy atom. The summed E-state index contributed by atoms with van der Waals surface area (Å²) in [5.74, 6) is 0.558. The van der Waals surface area contributed by atoms with E-state index in [0.717, 1.165) is 12.8 Å². The predicted octanol–water partition coefficient (Wildman–Crippen LogP) is 1.61. The van der Waals surface area contributed by atoms with Gasteiger partial charge in [0, 0.05) is 19.1 Å². The SMILES string of the molecule is O=C(CSc1nnc(N2CCOCC2)n1-c1cccc(F)c1)NC1CC1. The Morgan fingerprint density at radius 3 is 2.85 bits per heavy atom. The van der Waals surface area contributed by atoms with Gasteiger partial charge in [-0.2, -0.15) is 0 Å². The van der Waals surface area contributed by atoms with E-state index in [1.54, 1.807) is 6.07 Å². The average molecular weight is 377 g/mol. The molecule has 1 aromatic carbocycles. The van der Waals surface area contributed by atoms with Crippen molar-refractivity contribution >= 4 is 23.6 Å². The average Bonchev–Trinajstić information content (AvgIpc) is 3.36. The van der Waals surface area contributed by atoms with Crippen molar-refractivity contribution in [2.75, 3.05) is 37.0 Å². The first-order chi connectivity index (χ1) is 12.7. The zero-order valence-electron chi connectivity index (χ0n) is 14.2. The number of ether oxygens (including phenoxy) is 1. The monoisotopic (exact) mass is 377 g/mol. The fourth-order valence-electron chi connectivity index (χ4n) is 2.79. The van der Waals surface area contributed by atoms with Crippen LogP contribution in [0.2, 0.25) is 0 Å². The van der Waals surface area contributed by atoms with Gasteiger partial charge in [-0.25, -0.2) is 4.39 Å². The van der Waals surface area contributed by atoms with Crippen LogP contribution in [0.5, 0.6) is 0 Å². The van der Waals surface area contributed by atoms with Gasteiger partial charge < -0.3 is 15.0 Å². The van der Waals surface area contributed by atoms with E-state index in [0.29, 0.717) is 49.1 Å². The summed E-state index contributed by atoms with van der Waals surface area (Å²) in [6.07, 6.45) is 2.11. The minimum atomic E-state index is -0.327. The molecule has 0 spiro atoms. The molecule has 9 heteroatoms. The van der Waals surface area contributed by atoms with Crippen LogP contribution in [0.1, 0.15) is 12.8 Å². The number of hydrogen-bond acceptors (Lipinski definition) is 6. The van der Waals surface area contributed by atoms with Gasteiger partial charge in [0.25, 0.3) is 0 Å². The van der Waals surface area contributed by atoms with Crippen LogP contribution in [0.25, 0.3) is 5.69 Å². The van der Waals surface area contributed by atoms with Gasteiger partial charge in [0.2, 0.25) is 11.9 Å². The van der Waals surface area contributed by atoms with Crippen LogP contribution in [0.3, 0.4) is 0 Å². The van der Waals surface area contributed by atoms with Crippen LogP contribution in [0.15, 0.2) is 29.4 Å². The summed E-state index contributed by atoms with van der Waals surface area (Å²) < 4.78 is 21.0. The third kappa shape index (κ3) is 3.99. The normalized spacial score (nSPS) is 17.3. The number of anilines is 1. The Balaban J connectivity index is 1.59. The van der Waals surface area contributed by atoms with Crippen LogP contribution in [-0.2, 0) is 9.53 Å². The number of benzene rings is 1. The van der Waals surface area contributed by atoms with Gasteiger partial charge in [-0.15, -0.1) is 10.2 Å². The predicted molar refractivity (Wildman–Crippen MR) is 96.2 cm³/mol. The maximum atomic E-state index is 13.8. The molecule has 1 aromatic heterocycles. The number of morpholine rings is 1. The van der Waals surface area contributed by atoms with Crippen molar-refractivity contribution in [1.82, 2.24) is 20.1 Å². The van der Waals surface area contributed by atoms with Crippen LogP contribution >= 0.6 is 11.8 Å². The molecule has 0 atom stereocenters. The highest BCUT2D eigenvalue weighted by Crippen LogP contribution is 2.28. The quantitative estimate of drug-likeness (QED) is 0.772. The van der Waals surface area contributed by atoms with Crippen molar-refractivity contribution in [3.05, 3.63) is 30.1 Å². The van der Waals surface area contributed by atoms with Crippen molar-refractivity contribution in [3.8, 4) is 5.69 Å². The Bertz CT molecular complexity index is 789. The van der Waals surface area contributed by atoms with Crippen LogP contribution < -0.4 is 10.2 Å². The highest BCUT2D eigenvalue weighted by atomic mass is 32.2. The van der Waals surface area contributed by atoms with Crippen molar-refractivity contribution in [2.45, 2.75) is 24.0 Å². The molecule has 26 heavy (non-hydrogen) atoms. The molecular formula is C17H20FN5O2S. The van der Waals surface area contributed by atoms with E-state index >= 15 is 0 Å². The molecule has 7 nitrogen and oxygen atoms in total. The second-order valence-corrected chi connectivity index (χ2v) is 7.27. The van der Waals surface area contributed by atoms with Gasteiger partial charge >= 0.3 is 0 Å². The number of halogens is 1. The number of nitrogens with zero attached hydrogens (tertiary/aromatic N) is 4. The molecule has 2 heterocycles. The molecule has 0 radical (unpaired) electrons. The lowest BCUT2D eigenvalue weighted by molar-refractivity contribution is -0.118. The molecular weight excluding hydrogens is 357 g/mol. The topological polar surface area (TPSA) is 72.3 Å². The van der Waals surface area contributed by atoms with E-state index in [4.69, 9.17) is 4.74 Å². The highest BCUT2D eigenvalue weighted by Gasteiger charge is 2.25. The maximum absolute atomic E-state index is 13.8. The van der Waals surface area contributed by atoms with Gasteiger partial charge in [0.1, 0.15) is 5.82 Å². The van der Waals surface area contributed by atoms with E-state index in [-0.39, 0.29) is 17.5 Å². The van der Waals surface area contributed by atoms with Gasteiger partial charge in [0.15, 0.2) is 5.16 Å². The lowest BCUT2D eigenvalue weighted by Crippen LogP contribution is -2.37. The summed E-state index contributed by atoms with van der Waals surface area (Å²) >= 11 is 1.31. The number of carbonyl (C=O) groups is 1. The fourth-order valence-corrected chi connectivity index (χ4v) is 3.55. The Labute approximate surface area is 154 Å². The Kier molecular flexibility index (Phi) is 5.07. The molecule has 2 aliphatic rings. The Morgan fingerprint density at radius 1 is 1.31 bits per heavy atom. The van der Waals surface area contributed by atoms with Gasteiger partial charge in [-0.3, -0.25) is 9.36 Å². The molecule has 2 fully saturated rings. The molecule has 0 bridgehead atoms. The molecule has 4 rings (SSSR count). The molecule has 1 aliphatic carbocycles. The summed E-state index contributed by atoms with van der Waals surface area (Å²) in [6.45, 7) is 2.62. The Hall–Kier alpha value is -2.13. The third-order valence-electron chi connectivity index (χ3n) is 4.25. The standard InChI is InChI=1S/C17H20FN5O2S/c18-12-2-1-3-14(10-12)23-16(22-6-8-25-9-7-22)20-21-17(23)26-11-15(24)19-13-4-5-13/h1-3,10,13H,4-9,11H2,(H,19,24). The van der Waals surface area contributed by atoms with E-state index in [1.807, 2.05) is 10.6 Å². The molecule has 1 N–H and O–H groups in total. The number of amides is 1. The van der Waals surface area contributed by atoms with Crippen molar-refractivity contribution in [1.29, 1.82) is 0 Å². The van der Waals surface area contributed by atoms with Crippen LogP contribution in [-0.4, -0.2) is 58.8 Å². The van der Waals surface area contributed by atoms with Gasteiger partial charge in [-0.05, 0) is 31.0 Å². The zero-order valence-corrected chi connectivity index (χ0v) is 15.0. The molecule has 1 saturated heterocycles. The van der Waals surface area contributed by atoms with Crippen molar-refractivity contribution in [3.63, 3.8) is 0 Å². The summed E-state index contributed by atoms with van der Waals surface area (Å²) in [7, 11) is 0. The number of carbonyl (C=O) groups excluding carboxylic acids is 1. The number of rotatable bonds is 6. The van der Waals surface area contributed by atoms with E-state index in [9.17, 15) is 9.18 Å². The largest absolute Gasteiger partial charge is 0.378 e. The first-order valence-corrected chi connectivity index (χ1v) is 9.65. The lowest BCUT2D eigenvalue weighted by Gasteiger charge is -2.27. The number of aromatic nitrogens is 3. The number of hydrogen-bond donors (Lipinski definition) is 1. The molecule has 1 aliphatic heterocycles. The number of nitrogens with one attached hydrogen (secondary N) is 1. The first-order valence-electron chi connectivity index (χ1n) is 8.67. The van der Waals surface area contributed by atoms with Gasteiger partial charge in [0.05, 0.1) is 24.7 Å². The van der Waals surface area contributed by atoms with Crippen molar-refractivity contribution in [2.24, 2.45) is 0 Å². The summed E-state index contributed by atoms with van der Waals surface area (Å²) in [4.78, 5) is 14.1. The van der Waals surface area contributed by atoms with Crippen LogP contribution in [0, 0.1) is 5.82 Å². The summed E-state index contributed by atoms with van der Waals surface area (Å²) in [5.41, 5.74) is 0.640. The minimum absolute atomic E-state index is 0.0146. The third-order valence-corrected chi connectivity index (χ3v) is 5.18. The molecule has 0 unspecified atom stereocenters. The molecule has 1 saturated carbocycles.